The summed E-state index contributed by atoms with van der Waals surface area (Å²) in [6.45, 7) is 6.77. The SMILES string of the molecule is C[Si](C)(O)c1cccc(OC(=O)O)c1[Si](C)(C)O. The summed E-state index contributed by atoms with van der Waals surface area (Å²) in [6.07, 6.45) is -1.43. The lowest BCUT2D eigenvalue weighted by Gasteiger charge is -2.26. The molecule has 0 spiro atoms. The molecule has 0 bridgehead atoms. The van der Waals surface area contributed by atoms with E-state index in [-0.39, 0.29) is 5.75 Å². The molecule has 1 rings (SSSR count). The molecule has 0 fully saturated rings. The molecule has 3 N–H and O–H groups in total. The molecule has 100 valence electrons. The molecule has 0 unspecified atom stereocenters. The summed E-state index contributed by atoms with van der Waals surface area (Å²) < 4.78 is 4.71. The standard InChI is InChI=1S/C11H18O5Si2/c1-17(2,14)9-7-5-6-8(16-11(12)13)10(9)18(3,4)15/h5-7,14-15H,1-4H3,(H,12,13). The van der Waals surface area contributed by atoms with Gasteiger partial charge in [-0.25, -0.2) is 4.79 Å². The predicted octanol–water partition coefficient (Wildman–Crippen LogP) is 0.552. The first-order valence-electron chi connectivity index (χ1n) is 5.53. The lowest BCUT2D eigenvalue weighted by molar-refractivity contribution is 0.145. The molecule has 5 nitrogen and oxygen atoms in total. The lowest BCUT2D eigenvalue weighted by atomic mass is 10.3. The van der Waals surface area contributed by atoms with Gasteiger partial charge in [0.2, 0.25) is 16.6 Å². The topological polar surface area (TPSA) is 87.0 Å². The predicted molar refractivity (Wildman–Crippen MR) is 73.8 cm³/mol. The monoisotopic (exact) mass is 286 g/mol. The first-order valence-corrected chi connectivity index (χ1v) is 11.4. The summed E-state index contributed by atoms with van der Waals surface area (Å²) in [7, 11) is -5.48. The van der Waals surface area contributed by atoms with E-state index in [0.29, 0.717) is 10.4 Å². The highest BCUT2D eigenvalue weighted by molar-refractivity contribution is 6.94. The minimum atomic E-state index is -2.81. The van der Waals surface area contributed by atoms with Crippen molar-refractivity contribution in [1.82, 2.24) is 0 Å². The van der Waals surface area contributed by atoms with Gasteiger partial charge in [-0.05, 0) is 37.4 Å². The Kier molecular flexibility index (Phi) is 4.01. The van der Waals surface area contributed by atoms with Crippen LogP contribution in [0.25, 0.3) is 0 Å². The van der Waals surface area contributed by atoms with Gasteiger partial charge >= 0.3 is 6.16 Å². The van der Waals surface area contributed by atoms with Crippen LogP contribution in [-0.4, -0.2) is 37.5 Å². The minimum Gasteiger partial charge on any atom is -0.449 e. The van der Waals surface area contributed by atoms with Gasteiger partial charge < -0.3 is 19.4 Å². The Hall–Kier alpha value is -1.16. The number of carboxylic acid groups (broad SMARTS) is 1. The smallest absolute Gasteiger partial charge is 0.449 e. The van der Waals surface area contributed by atoms with Gasteiger partial charge in [-0.15, -0.1) is 0 Å². The molecule has 0 radical (unpaired) electrons. The zero-order chi connectivity index (χ0) is 14.1. The van der Waals surface area contributed by atoms with Gasteiger partial charge in [0, 0.05) is 5.19 Å². The fourth-order valence-electron chi connectivity index (χ4n) is 1.85. The summed E-state index contributed by atoms with van der Waals surface area (Å²) in [6, 6.07) is 4.85. The highest BCUT2D eigenvalue weighted by Gasteiger charge is 2.35. The maximum Gasteiger partial charge on any atom is 0.511 e. The summed E-state index contributed by atoms with van der Waals surface area (Å²) in [4.78, 5) is 31.2. The molecule has 0 amide bonds. The van der Waals surface area contributed by atoms with E-state index in [0.717, 1.165) is 0 Å². The molecule has 0 aliphatic rings. The van der Waals surface area contributed by atoms with Crippen LogP contribution < -0.4 is 15.1 Å². The molecule has 0 saturated carbocycles. The van der Waals surface area contributed by atoms with Crippen LogP contribution in [0, 0.1) is 0 Å². The molecule has 1 aromatic carbocycles. The van der Waals surface area contributed by atoms with E-state index in [2.05, 4.69) is 0 Å². The molecule has 0 heterocycles. The average molecular weight is 286 g/mol. The second-order valence-electron chi connectivity index (χ2n) is 5.16. The van der Waals surface area contributed by atoms with Gasteiger partial charge in [-0.3, -0.25) is 0 Å². The molecule has 18 heavy (non-hydrogen) atoms. The number of benzene rings is 1. The van der Waals surface area contributed by atoms with E-state index in [9.17, 15) is 14.4 Å². The van der Waals surface area contributed by atoms with Crippen molar-refractivity contribution >= 4 is 33.2 Å². The summed E-state index contributed by atoms with van der Waals surface area (Å²) in [5.74, 6) is 0.119. The number of ether oxygens (including phenoxy) is 1. The fraction of sp³-hybridized carbons (Fsp3) is 0.364. The van der Waals surface area contributed by atoms with Crippen molar-refractivity contribution < 1.29 is 24.2 Å². The lowest BCUT2D eigenvalue weighted by Crippen LogP contribution is -2.59. The van der Waals surface area contributed by atoms with Crippen molar-refractivity contribution in [1.29, 1.82) is 0 Å². The first-order chi connectivity index (χ1) is 8.03. The average Bonchev–Trinajstić information content (AvgIpc) is 2.13. The first kappa shape index (κ1) is 14.9. The second-order valence-corrected chi connectivity index (χ2v) is 12.4. The van der Waals surface area contributed by atoms with Gasteiger partial charge in [-0.2, -0.15) is 0 Å². The molecule has 7 heteroatoms. The van der Waals surface area contributed by atoms with Crippen LogP contribution in [0.1, 0.15) is 0 Å². The Labute approximate surface area is 108 Å². The molecule has 0 aromatic heterocycles. The molecule has 0 aliphatic heterocycles. The van der Waals surface area contributed by atoms with Crippen LogP contribution >= 0.6 is 0 Å². The van der Waals surface area contributed by atoms with Crippen molar-refractivity contribution in [3.8, 4) is 5.75 Å². The van der Waals surface area contributed by atoms with Crippen LogP contribution in [0.5, 0.6) is 5.75 Å². The molecule has 0 aliphatic carbocycles. The molecular formula is C11H18O5Si2. The van der Waals surface area contributed by atoms with Crippen molar-refractivity contribution in [3.63, 3.8) is 0 Å². The van der Waals surface area contributed by atoms with E-state index in [1.165, 1.54) is 6.07 Å². The molecule has 0 saturated heterocycles. The van der Waals surface area contributed by atoms with Crippen molar-refractivity contribution in [2.24, 2.45) is 0 Å². The maximum atomic E-state index is 10.7. The van der Waals surface area contributed by atoms with E-state index in [1.54, 1.807) is 38.3 Å². The fourth-order valence-corrected chi connectivity index (χ4v) is 6.41. The zero-order valence-electron chi connectivity index (χ0n) is 10.9. The van der Waals surface area contributed by atoms with Gasteiger partial charge in [0.25, 0.3) is 0 Å². The minimum absolute atomic E-state index is 0.119. The Morgan fingerprint density at radius 3 is 2.06 bits per heavy atom. The number of rotatable bonds is 3. The molecule has 1 aromatic rings. The maximum absolute atomic E-state index is 10.7. The third kappa shape index (κ3) is 3.42. The Balaban J connectivity index is 3.50. The van der Waals surface area contributed by atoms with Crippen LogP contribution in [0.4, 0.5) is 4.79 Å². The highest BCUT2D eigenvalue weighted by Crippen LogP contribution is 2.14. The summed E-state index contributed by atoms with van der Waals surface area (Å²) >= 11 is 0. The zero-order valence-corrected chi connectivity index (χ0v) is 12.9. The van der Waals surface area contributed by atoms with Crippen LogP contribution in [0.15, 0.2) is 18.2 Å². The third-order valence-electron chi connectivity index (χ3n) is 2.49. The van der Waals surface area contributed by atoms with E-state index >= 15 is 0 Å². The van der Waals surface area contributed by atoms with Gasteiger partial charge in [0.1, 0.15) is 5.75 Å². The van der Waals surface area contributed by atoms with Crippen LogP contribution in [0.2, 0.25) is 26.2 Å². The number of hydrogen-bond acceptors (Lipinski definition) is 4. The van der Waals surface area contributed by atoms with Gasteiger partial charge in [0.15, 0.2) is 0 Å². The highest BCUT2D eigenvalue weighted by atomic mass is 28.4. The number of carbonyl (C=O) groups is 1. The van der Waals surface area contributed by atoms with Crippen LogP contribution in [-0.2, 0) is 0 Å². The second kappa shape index (κ2) is 4.84. The van der Waals surface area contributed by atoms with Crippen molar-refractivity contribution in [2.45, 2.75) is 26.2 Å². The van der Waals surface area contributed by atoms with Gasteiger partial charge in [-0.1, -0.05) is 12.1 Å². The van der Waals surface area contributed by atoms with E-state index in [4.69, 9.17) is 9.84 Å². The number of hydrogen-bond donors (Lipinski definition) is 3. The van der Waals surface area contributed by atoms with Crippen LogP contribution in [0.3, 0.4) is 0 Å². The molecular weight excluding hydrogens is 268 g/mol. The Morgan fingerprint density at radius 2 is 1.67 bits per heavy atom. The molecule has 0 atom stereocenters. The quantitative estimate of drug-likeness (QED) is 0.429. The summed E-state index contributed by atoms with van der Waals surface area (Å²) in [5, 5.41) is 9.80. The Bertz CT molecular complexity index is 459. The third-order valence-corrected chi connectivity index (χ3v) is 6.22. The van der Waals surface area contributed by atoms with Gasteiger partial charge in [0.05, 0.1) is 0 Å². The van der Waals surface area contributed by atoms with Crippen molar-refractivity contribution in [2.75, 3.05) is 0 Å². The van der Waals surface area contributed by atoms with E-state index in [1.807, 2.05) is 0 Å². The van der Waals surface area contributed by atoms with Crippen molar-refractivity contribution in [3.05, 3.63) is 18.2 Å². The van der Waals surface area contributed by atoms with E-state index < -0.39 is 22.8 Å². The normalized spacial score (nSPS) is 12.3. The largest absolute Gasteiger partial charge is 0.511 e. The summed E-state index contributed by atoms with van der Waals surface area (Å²) in [5.41, 5.74) is 0. The Morgan fingerprint density at radius 1 is 1.11 bits per heavy atom.